The number of carboxylic acids is 1. The Bertz CT molecular complexity index is 713. The molecule has 0 heterocycles. The topological polar surface area (TPSA) is 93.1 Å². The summed E-state index contributed by atoms with van der Waals surface area (Å²) in [4.78, 5) is 37.2. The monoisotopic (exact) mass is 397 g/mol. The van der Waals surface area contributed by atoms with Crippen LogP contribution in [0.1, 0.15) is 47.1 Å². The highest BCUT2D eigenvalue weighted by Gasteiger charge is 2.31. The number of nitrogens with zero attached hydrogens (tertiary/aromatic N) is 1. The number of ether oxygens (including phenoxy) is 2. The van der Waals surface area contributed by atoms with Gasteiger partial charge in [-0.3, -0.25) is 0 Å². The lowest BCUT2D eigenvalue weighted by molar-refractivity contribution is -0.130. The molecule has 0 aliphatic heterocycles. The molecule has 0 aliphatic carbocycles. The van der Waals surface area contributed by atoms with E-state index < -0.39 is 29.4 Å². The van der Waals surface area contributed by atoms with E-state index >= 15 is 0 Å². The molecule has 2 amide bonds. The first-order valence-corrected chi connectivity index (χ1v) is 8.53. The zero-order valence-electron chi connectivity index (χ0n) is 16.2. The minimum absolute atomic E-state index is 0.254. The summed E-state index contributed by atoms with van der Waals surface area (Å²) in [5, 5.41) is 9.96. The molecule has 0 saturated carbocycles. The van der Waals surface area contributed by atoms with E-state index in [2.05, 4.69) is 0 Å². The van der Waals surface area contributed by atoms with Gasteiger partial charge in [-0.1, -0.05) is 23.7 Å². The van der Waals surface area contributed by atoms with Gasteiger partial charge < -0.3 is 14.6 Å². The van der Waals surface area contributed by atoms with Gasteiger partial charge in [0, 0.05) is 11.2 Å². The van der Waals surface area contributed by atoms with Gasteiger partial charge in [0.05, 0.1) is 5.57 Å². The average molecular weight is 398 g/mol. The number of aliphatic carboxylic acids is 1. The van der Waals surface area contributed by atoms with Crippen molar-refractivity contribution in [3.8, 4) is 0 Å². The van der Waals surface area contributed by atoms with E-state index in [1.54, 1.807) is 41.5 Å². The molecule has 1 aromatic carbocycles. The second-order valence-corrected chi connectivity index (χ2v) is 8.12. The van der Waals surface area contributed by atoms with Crippen LogP contribution in [0, 0.1) is 0 Å². The van der Waals surface area contributed by atoms with Crippen LogP contribution < -0.4 is 0 Å². The maximum absolute atomic E-state index is 12.5. The fourth-order valence-corrected chi connectivity index (χ4v) is 1.94. The summed E-state index contributed by atoms with van der Waals surface area (Å²) in [6.07, 6.45) is -1.22. The third-order valence-electron chi connectivity index (χ3n) is 2.82. The minimum atomic E-state index is -1.34. The number of hydrogen-bond acceptors (Lipinski definition) is 5. The first kappa shape index (κ1) is 22.5. The molecule has 0 unspecified atom stereocenters. The van der Waals surface area contributed by atoms with Gasteiger partial charge >= 0.3 is 18.2 Å². The zero-order valence-corrected chi connectivity index (χ0v) is 17.0. The molecule has 0 saturated heterocycles. The lowest BCUT2D eigenvalue weighted by Gasteiger charge is -2.27. The van der Waals surface area contributed by atoms with Gasteiger partial charge in [0.25, 0.3) is 0 Å². The summed E-state index contributed by atoms with van der Waals surface area (Å²) < 4.78 is 10.4. The normalized spacial score (nSPS) is 12.3. The summed E-state index contributed by atoms with van der Waals surface area (Å²) in [6.45, 7) is 9.75. The molecule has 0 fully saturated rings. The summed E-state index contributed by atoms with van der Waals surface area (Å²) in [5.41, 5.74) is -1.84. The highest BCUT2D eigenvalue weighted by Crippen LogP contribution is 2.21. The summed E-state index contributed by atoms with van der Waals surface area (Å²) in [5.74, 6) is -1.34. The van der Waals surface area contributed by atoms with Gasteiger partial charge in [0.2, 0.25) is 0 Å². The number of carbonyl (C=O) groups is 3. The van der Waals surface area contributed by atoms with Gasteiger partial charge in [-0.05, 0) is 59.2 Å². The van der Waals surface area contributed by atoms with Crippen molar-refractivity contribution >= 4 is 35.3 Å². The van der Waals surface area contributed by atoms with E-state index in [1.165, 1.54) is 24.3 Å². The molecule has 1 N–H and O–H groups in total. The van der Waals surface area contributed by atoms with Gasteiger partial charge in [0.1, 0.15) is 11.2 Å². The molecule has 0 radical (unpaired) electrons. The number of imide groups is 1. The molecule has 8 heteroatoms. The molecule has 148 valence electrons. The number of amides is 2. The van der Waals surface area contributed by atoms with Crippen LogP contribution in [-0.2, 0) is 14.3 Å². The molecule has 0 aromatic heterocycles. The lowest BCUT2D eigenvalue weighted by Crippen LogP contribution is -2.41. The average Bonchev–Trinajstić information content (AvgIpc) is 2.45. The van der Waals surface area contributed by atoms with Crippen molar-refractivity contribution in [1.82, 2.24) is 4.90 Å². The zero-order chi connectivity index (χ0) is 21.0. The largest absolute Gasteiger partial charge is 0.478 e. The standard InChI is InChI=1S/C19H24ClNO6/c1-18(2,3)26-16(24)21(17(25)27-19(4,5)6)11-14(15(22)23)12-7-9-13(20)10-8-12/h7-11H,1-6H3,(H,22,23). The second kappa shape index (κ2) is 8.43. The van der Waals surface area contributed by atoms with Gasteiger partial charge in [-0.15, -0.1) is 0 Å². The van der Waals surface area contributed by atoms with Crippen LogP contribution in [0.2, 0.25) is 5.02 Å². The number of carboxylic acid groups (broad SMARTS) is 1. The van der Waals surface area contributed by atoms with E-state index in [4.69, 9.17) is 21.1 Å². The number of hydrogen-bond donors (Lipinski definition) is 1. The van der Waals surface area contributed by atoms with Gasteiger partial charge in [-0.2, -0.15) is 4.90 Å². The second-order valence-electron chi connectivity index (χ2n) is 7.69. The van der Waals surface area contributed by atoms with Crippen molar-refractivity contribution < 1.29 is 29.0 Å². The fraction of sp³-hybridized carbons (Fsp3) is 0.421. The lowest BCUT2D eigenvalue weighted by atomic mass is 10.1. The van der Waals surface area contributed by atoms with Crippen LogP contribution in [0.5, 0.6) is 0 Å². The Morgan fingerprint density at radius 2 is 1.33 bits per heavy atom. The van der Waals surface area contributed by atoms with E-state index in [1.807, 2.05) is 0 Å². The van der Waals surface area contributed by atoms with Crippen LogP contribution in [-0.4, -0.2) is 39.4 Å². The maximum Gasteiger partial charge on any atom is 0.424 e. The first-order chi connectivity index (χ1) is 12.2. The summed E-state index contributed by atoms with van der Waals surface area (Å²) in [6, 6.07) is 5.92. The fourth-order valence-electron chi connectivity index (χ4n) is 1.81. The molecular weight excluding hydrogens is 374 g/mol. The first-order valence-electron chi connectivity index (χ1n) is 8.16. The van der Waals surface area contributed by atoms with Crippen molar-refractivity contribution in [3.63, 3.8) is 0 Å². The molecule has 0 spiro atoms. The third kappa shape index (κ3) is 7.70. The predicted molar refractivity (Wildman–Crippen MR) is 101 cm³/mol. The van der Waals surface area contributed by atoms with E-state index in [-0.39, 0.29) is 11.1 Å². The number of rotatable bonds is 3. The van der Waals surface area contributed by atoms with Crippen LogP contribution >= 0.6 is 11.6 Å². The molecule has 0 bridgehead atoms. The van der Waals surface area contributed by atoms with Crippen molar-refractivity contribution in [2.24, 2.45) is 0 Å². The van der Waals surface area contributed by atoms with Crippen molar-refractivity contribution in [1.29, 1.82) is 0 Å². The predicted octanol–water partition coefficient (Wildman–Crippen LogP) is 4.94. The highest BCUT2D eigenvalue weighted by molar-refractivity contribution is 6.30. The number of carbonyl (C=O) groups excluding carboxylic acids is 2. The Kier molecular flexibility index (Phi) is 7.03. The Hall–Kier alpha value is -2.54. The van der Waals surface area contributed by atoms with Crippen LogP contribution in [0.15, 0.2) is 30.5 Å². The van der Waals surface area contributed by atoms with E-state index in [9.17, 15) is 19.5 Å². The van der Waals surface area contributed by atoms with Crippen molar-refractivity contribution in [2.45, 2.75) is 52.7 Å². The summed E-state index contributed by atoms with van der Waals surface area (Å²) >= 11 is 5.82. The van der Waals surface area contributed by atoms with Crippen LogP contribution in [0.3, 0.4) is 0 Å². The Labute approximate surface area is 163 Å². The Balaban J connectivity index is 3.38. The van der Waals surface area contributed by atoms with Gasteiger partial charge in [-0.25, -0.2) is 14.4 Å². The smallest absolute Gasteiger partial charge is 0.424 e. The van der Waals surface area contributed by atoms with E-state index in [0.717, 1.165) is 6.20 Å². The van der Waals surface area contributed by atoms with Gasteiger partial charge in [0.15, 0.2) is 0 Å². The Morgan fingerprint density at radius 1 is 0.926 bits per heavy atom. The molecule has 1 aromatic rings. The molecular formula is C19H24ClNO6. The maximum atomic E-state index is 12.5. The quantitative estimate of drug-likeness (QED) is 0.726. The number of benzene rings is 1. The molecule has 0 atom stereocenters. The third-order valence-corrected chi connectivity index (χ3v) is 3.08. The van der Waals surface area contributed by atoms with Crippen molar-refractivity contribution in [3.05, 3.63) is 41.1 Å². The SMILES string of the molecule is CC(C)(C)OC(=O)N(C=C(C(=O)O)c1ccc(Cl)cc1)C(=O)OC(C)(C)C. The minimum Gasteiger partial charge on any atom is -0.478 e. The van der Waals surface area contributed by atoms with Crippen molar-refractivity contribution in [2.75, 3.05) is 0 Å². The van der Waals surface area contributed by atoms with E-state index in [0.29, 0.717) is 9.92 Å². The molecule has 27 heavy (non-hydrogen) atoms. The van der Waals surface area contributed by atoms with Crippen LogP contribution in [0.4, 0.5) is 9.59 Å². The molecule has 7 nitrogen and oxygen atoms in total. The molecule has 0 aliphatic rings. The highest BCUT2D eigenvalue weighted by atomic mass is 35.5. The number of halogens is 1. The molecule has 1 rings (SSSR count). The Morgan fingerprint density at radius 3 is 1.67 bits per heavy atom. The van der Waals surface area contributed by atoms with Crippen LogP contribution in [0.25, 0.3) is 5.57 Å². The summed E-state index contributed by atoms with van der Waals surface area (Å²) in [7, 11) is 0.